The Hall–Kier alpha value is -1.14. The van der Waals surface area contributed by atoms with E-state index in [1.165, 1.54) is 0 Å². The second kappa shape index (κ2) is 22.7. The normalized spacial score (nSPS) is 52.7. The van der Waals surface area contributed by atoms with Gasteiger partial charge >= 0.3 is 0 Å². The van der Waals surface area contributed by atoms with Gasteiger partial charge < -0.3 is 109 Å². The second-order valence-corrected chi connectivity index (χ2v) is 25.3. The van der Waals surface area contributed by atoms with Gasteiger partial charge in [-0.1, -0.05) is 46.3 Å². The number of fused-ring (bicyclic) bond motifs is 5. The molecule has 29 atom stereocenters. The highest BCUT2D eigenvalue weighted by atomic mass is 16.8. The summed E-state index contributed by atoms with van der Waals surface area (Å²) >= 11 is 0. The highest BCUT2D eigenvalue weighted by molar-refractivity contribution is 5.20. The first-order valence-corrected chi connectivity index (χ1v) is 27.3. The Morgan fingerprint density at radius 3 is 1.80 bits per heavy atom. The molecule has 0 radical (unpaired) electrons. The van der Waals surface area contributed by atoms with Crippen LogP contribution < -0.4 is 0 Å². The van der Waals surface area contributed by atoms with Crippen LogP contribution in [0.5, 0.6) is 0 Å². The van der Waals surface area contributed by atoms with E-state index in [1.807, 2.05) is 34.6 Å². The molecule has 4 aliphatic heterocycles. The summed E-state index contributed by atoms with van der Waals surface area (Å²) in [4.78, 5) is 0. The summed E-state index contributed by atoms with van der Waals surface area (Å²) in [6.07, 6.45) is -22.9. The molecule has 0 aromatic carbocycles. The third-order valence-corrected chi connectivity index (χ3v) is 20.4. The molecule has 8 rings (SSSR count). The Bertz CT molecular complexity index is 1940. The van der Waals surface area contributed by atoms with Gasteiger partial charge in [-0.05, 0) is 124 Å². The van der Waals surface area contributed by atoms with Crippen molar-refractivity contribution in [2.75, 3.05) is 26.4 Å². The maximum Gasteiger partial charge on any atom is 0.187 e. The van der Waals surface area contributed by atoms with Gasteiger partial charge in [-0.15, -0.1) is 0 Å². The molecule has 0 aromatic rings. The fraction of sp³-hybridized carbons (Fsp3) is 0.962. The summed E-state index contributed by atoms with van der Waals surface area (Å²) in [5, 5.41) is 151. The molecule has 434 valence electrons. The SMILES string of the molecule is CC(C)=CCC[C@](C)(O[C@@H]1O[C@H](CO[C@@H]2OC[C@@H](O)[C@H](O)[C@H]2O)[C@@H](O)[C@H](O)[C@H]1O)[C@H]1CC[C@]2(C)[C@@H]1CCC1[C@@]3(C)C[C@@H](O)[C@H](O[C@@H]4O[C@H](CO)[C@@H](O)[C@H](O)[C@H]4O[C@@H]4O[C@H](CO)[C@@H](O)[C@H](O)[C@H]4O)C(C)(C)C3CC[C@]12C. The lowest BCUT2D eigenvalue weighted by molar-refractivity contribution is -0.383. The van der Waals surface area contributed by atoms with Gasteiger partial charge in [0.1, 0.15) is 91.6 Å². The molecule has 0 bridgehead atoms. The van der Waals surface area contributed by atoms with E-state index in [2.05, 4.69) is 26.8 Å². The van der Waals surface area contributed by atoms with Crippen molar-refractivity contribution in [3.05, 3.63) is 11.6 Å². The molecule has 22 heteroatoms. The molecular formula is C53H90O22. The molecule has 4 saturated heterocycles. The molecule has 0 amide bonds. The average molecular weight is 1080 g/mol. The molecule has 0 spiro atoms. The van der Waals surface area contributed by atoms with Crippen LogP contribution in [0.3, 0.4) is 0 Å². The minimum atomic E-state index is -1.84. The molecule has 8 fully saturated rings. The minimum Gasteiger partial charge on any atom is -0.394 e. The summed E-state index contributed by atoms with van der Waals surface area (Å²) in [7, 11) is 0. The van der Waals surface area contributed by atoms with Gasteiger partial charge in [0.25, 0.3) is 0 Å². The molecular weight excluding hydrogens is 989 g/mol. The Morgan fingerprint density at radius 2 is 1.16 bits per heavy atom. The lowest BCUT2D eigenvalue weighted by Gasteiger charge is -2.70. The van der Waals surface area contributed by atoms with Gasteiger partial charge in [-0.3, -0.25) is 0 Å². The van der Waals surface area contributed by atoms with Crippen molar-refractivity contribution in [3.63, 3.8) is 0 Å². The molecule has 2 unspecified atom stereocenters. The fourth-order valence-electron chi connectivity index (χ4n) is 16.2. The van der Waals surface area contributed by atoms with Crippen molar-refractivity contribution in [1.82, 2.24) is 0 Å². The van der Waals surface area contributed by atoms with Crippen LogP contribution in [0.4, 0.5) is 0 Å². The molecule has 4 heterocycles. The van der Waals surface area contributed by atoms with E-state index in [4.69, 9.17) is 37.9 Å². The van der Waals surface area contributed by atoms with Gasteiger partial charge in [-0.2, -0.15) is 0 Å². The Kier molecular flexibility index (Phi) is 18.1. The Balaban J connectivity index is 1.01. The number of aliphatic hydroxyl groups excluding tert-OH is 14. The zero-order valence-electron chi connectivity index (χ0n) is 44.7. The Labute approximate surface area is 439 Å². The second-order valence-electron chi connectivity index (χ2n) is 25.3. The standard InChI is InChI=1S/C53H90O22/c1-23(2)10-9-15-53(8,75-47-42(67)38(63)36(61)30(72-47)22-69-45-40(65)33(58)27(57)21-68-45)25-13-16-51(6)24(25)11-12-32-50(5)18-26(56)44(49(3,4)31(50)14-17-52(32,51)7)74-48-43(39(64)35(60)29(20-55)71-48)73-46-41(66)37(62)34(59)28(19-54)70-46/h10,24-48,54-67H,9,11-22H2,1-8H3/t24-,25+,26-,27-,28-,29-,30-,31?,32?,33+,34-,35-,36-,37+,38+,39+,40-,41-,42-,43-,44+,45+,46+,47+,48+,50+,51-,52-,53+/m1/s1. The summed E-state index contributed by atoms with van der Waals surface area (Å²) in [5.41, 5.74) is -1.36. The van der Waals surface area contributed by atoms with E-state index in [0.717, 1.165) is 44.1 Å². The van der Waals surface area contributed by atoms with Crippen LogP contribution >= 0.6 is 0 Å². The lowest BCUT2D eigenvalue weighted by atomic mass is 9.35. The summed E-state index contributed by atoms with van der Waals surface area (Å²) in [5.74, 6) is 0.274. The first-order valence-electron chi connectivity index (χ1n) is 27.3. The van der Waals surface area contributed by atoms with Gasteiger partial charge in [0, 0.05) is 0 Å². The quantitative estimate of drug-likeness (QED) is 0.0651. The summed E-state index contributed by atoms with van der Waals surface area (Å²) in [6.45, 7) is 15.1. The maximum absolute atomic E-state index is 12.5. The highest BCUT2D eigenvalue weighted by Gasteiger charge is 2.71. The minimum absolute atomic E-state index is 0.00250. The largest absolute Gasteiger partial charge is 0.394 e. The van der Waals surface area contributed by atoms with Crippen LogP contribution in [0, 0.1) is 45.3 Å². The average Bonchev–Trinajstić information content (AvgIpc) is 3.72. The van der Waals surface area contributed by atoms with E-state index >= 15 is 0 Å². The molecule has 22 nitrogen and oxygen atoms in total. The highest BCUT2D eigenvalue weighted by Crippen LogP contribution is 2.76. The van der Waals surface area contributed by atoms with Crippen molar-refractivity contribution >= 4 is 0 Å². The summed E-state index contributed by atoms with van der Waals surface area (Å²) in [6, 6.07) is 0. The third kappa shape index (κ3) is 10.6. The molecule has 4 saturated carbocycles. The molecule has 14 N–H and O–H groups in total. The third-order valence-electron chi connectivity index (χ3n) is 20.4. The molecule has 0 aromatic heterocycles. The van der Waals surface area contributed by atoms with Crippen LogP contribution in [0.1, 0.15) is 113 Å². The van der Waals surface area contributed by atoms with Crippen LogP contribution in [0.2, 0.25) is 0 Å². The smallest absolute Gasteiger partial charge is 0.187 e. The van der Waals surface area contributed by atoms with Crippen molar-refractivity contribution in [1.29, 1.82) is 0 Å². The topological polar surface area (TPSA) is 357 Å². The predicted molar refractivity (Wildman–Crippen MR) is 260 cm³/mol. The fourth-order valence-corrected chi connectivity index (χ4v) is 16.2. The number of hydrogen-bond acceptors (Lipinski definition) is 22. The van der Waals surface area contributed by atoms with Crippen LogP contribution in [0.25, 0.3) is 0 Å². The van der Waals surface area contributed by atoms with Gasteiger partial charge in [0.2, 0.25) is 0 Å². The number of rotatable bonds is 15. The van der Waals surface area contributed by atoms with Crippen LogP contribution in [-0.4, -0.2) is 232 Å². The van der Waals surface area contributed by atoms with Crippen molar-refractivity contribution in [3.8, 4) is 0 Å². The monoisotopic (exact) mass is 1080 g/mol. The zero-order chi connectivity index (χ0) is 55.1. The summed E-state index contributed by atoms with van der Waals surface area (Å²) < 4.78 is 48.7. The number of aliphatic hydroxyl groups is 14. The number of allylic oxidation sites excluding steroid dienone is 2. The van der Waals surface area contributed by atoms with E-state index in [1.54, 1.807) is 0 Å². The van der Waals surface area contributed by atoms with E-state index < -0.39 is 165 Å². The van der Waals surface area contributed by atoms with Crippen LogP contribution in [0.15, 0.2) is 11.6 Å². The first kappa shape index (κ1) is 60.0. The molecule has 8 aliphatic rings. The van der Waals surface area contributed by atoms with Gasteiger partial charge in [0.15, 0.2) is 25.2 Å². The van der Waals surface area contributed by atoms with Crippen molar-refractivity contribution in [2.24, 2.45) is 45.3 Å². The van der Waals surface area contributed by atoms with Gasteiger partial charge in [0.05, 0.1) is 44.2 Å². The first-order chi connectivity index (χ1) is 35.1. The predicted octanol–water partition coefficient (Wildman–Crippen LogP) is -1.56. The van der Waals surface area contributed by atoms with Gasteiger partial charge in [-0.25, -0.2) is 0 Å². The molecule has 4 aliphatic carbocycles. The lowest BCUT2D eigenvalue weighted by Crippen LogP contribution is -2.69. The zero-order valence-corrected chi connectivity index (χ0v) is 44.7. The van der Waals surface area contributed by atoms with E-state index in [-0.39, 0.29) is 41.1 Å². The molecule has 75 heavy (non-hydrogen) atoms. The van der Waals surface area contributed by atoms with E-state index in [0.29, 0.717) is 19.3 Å². The van der Waals surface area contributed by atoms with Crippen LogP contribution in [-0.2, 0) is 37.9 Å². The van der Waals surface area contributed by atoms with E-state index in [9.17, 15) is 71.5 Å². The Morgan fingerprint density at radius 1 is 0.587 bits per heavy atom. The maximum atomic E-state index is 12.5. The van der Waals surface area contributed by atoms with Crippen molar-refractivity contribution in [2.45, 2.75) is 248 Å². The number of ether oxygens (including phenoxy) is 8. The van der Waals surface area contributed by atoms with Crippen molar-refractivity contribution < 1.29 is 109 Å². The number of hydrogen-bond donors (Lipinski definition) is 14.